The zero-order valence-electron chi connectivity index (χ0n) is 25.5. The van der Waals surface area contributed by atoms with E-state index in [9.17, 15) is 0 Å². The van der Waals surface area contributed by atoms with E-state index in [0.717, 1.165) is 0 Å². The number of hydrogen-bond acceptors (Lipinski definition) is 10. The third-order valence-electron chi connectivity index (χ3n) is 4.06. The van der Waals surface area contributed by atoms with E-state index in [-0.39, 0.29) is 52.0 Å². The smallest absolute Gasteiger partial charge is 0.156 e. The van der Waals surface area contributed by atoms with Gasteiger partial charge in [-0.3, -0.25) is 0 Å². The summed E-state index contributed by atoms with van der Waals surface area (Å²) >= 11 is 0. The molecule has 0 aromatic carbocycles. The van der Waals surface area contributed by atoms with Gasteiger partial charge in [0.1, 0.15) is 0 Å². The molecule has 5 atom stereocenters. The molecule has 0 saturated heterocycles. The molecule has 0 amide bonds. The largest absolute Gasteiger partial charge is 0.368 e. The predicted molar refractivity (Wildman–Crippen MR) is 139 cm³/mol. The zero-order valence-corrected chi connectivity index (χ0v) is 28.7. The Morgan fingerprint density at radius 3 is 0.389 bits per heavy atom. The average Bonchev–Trinajstić information content (AvgIpc) is 2.82. The quantitative estimate of drug-likeness (QED) is 0.216. The van der Waals surface area contributed by atoms with E-state index in [1.165, 1.54) is 35.5 Å². The number of rotatable bonds is 10. The minimum Gasteiger partial charge on any atom is -0.368 e. The van der Waals surface area contributed by atoms with E-state index in [2.05, 4.69) is 23.7 Å². The number of hydrogen-bond donors (Lipinski definition) is 5. The summed E-state index contributed by atoms with van der Waals surface area (Å²) in [4.78, 5) is 0. The zero-order chi connectivity index (χ0) is 29.3. The Hall–Kier alpha value is 0.340. The molecule has 0 fully saturated rings. The van der Waals surface area contributed by atoms with Gasteiger partial charge in [-0.2, -0.15) is 0 Å². The second-order valence-electron chi connectivity index (χ2n) is 9.35. The van der Waals surface area contributed by atoms with Crippen molar-refractivity contribution in [2.75, 3.05) is 35.5 Å². The third kappa shape index (κ3) is 41.5. The van der Waals surface area contributed by atoms with Crippen molar-refractivity contribution >= 4 is 0 Å². The van der Waals surface area contributed by atoms with Crippen LogP contribution in [0.1, 0.15) is 69.2 Å². The number of aliphatic hydroxyl groups excluding tert-OH is 5. The SMILES string of the molecule is COC(O)C(C)C.COC(O)C(C)C.COC(O)C(C)C.COC(O)C(C)C.COC(O)C(C)C.[Ta]. The van der Waals surface area contributed by atoms with Crippen molar-refractivity contribution in [2.24, 2.45) is 29.6 Å². The van der Waals surface area contributed by atoms with Gasteiger partial charge in [-0.05, 0) is 0 Å². The Bertz CT molecular complexity index is 305. The molecule has 1 radical (unpaired) electrons. The normalized spacial score (nSPS) is 14.6. The predicted octanol–water partition coefficient (Wildman–Crippen LogP) is 3.03. The van der Waals surface area contributed by atoms with Crippen LogP contribution in [0.2, 0.25) is 0 Å². The summed E-state index contributed by atoms with van der Waals surface area (Å²) in [6, 6.07) is 0. The van der Waals surface area contributed by atoms with E-state index in [1.807, 2.05) is 69.2 Å². The Morgan fingerprint density at radius 2 is 0.389 bits per heavy atom. The Kier molecular flexibility index (Phi) is 45.7. The first-order chi connectivity index (χ1) is 15.9. The van der Waals surface area contributed by atoms with Gasteiger partial charge in [-0.1, -0.05) is 69.2 Å². The maximum absolute atomic E-state index is 8.71. The molecule has 5 N–H and O–H groups in total. The molecule has 0 spiro atoms. The fourth-order valence-electron chi connectivity index (χ4n) is 1.36. The Balaban J connectivity index is -0.0000000776. The van der Waals surface area contributed by atoms with Gasteiger partial charge in [0, 0.05) is 87.5 Å². The second kappa shape index (κ2) is 33.4. The molecule has 10 nitrogen and oxygen atoms in total. The summed E-state index contributed by atoms with van der Waals surface area (Å²) in [5.74, 6) is 0.995. The molecule has 11 heteroatoms. The first kappa shape index (κ1) is 49.3. The summed E-state index contributed by atoms with van der Waals surface area (Å²) in [6.45, 7) is 19.0. The van der Waals surface area contributed by atoms with E-state index in [4.69, 9.17) is 25.5 Å². The maximum atomic E-state index is 8.71. The van der Waals surface area contributed by atoms with Crippen LogP contribution in [-0.2, 0) is 46.1 Å². The molecule has 0 aliphatic heterocycles. The molecular weight excluding hydrogens is 641 g/mol. The standard InChI is InChI=1S/5C5H12O2.Ta/c5*1-4(2)5(6)7-3;/h5*4-6H,1-3H3;. The van der Waals surface area contributed by atoms with E-state index in [1.54, 1.807) is 0 Å². The third-order valence-corrected chi connectivity index (χ3v) is 4.06. The molecular formula is C25H60O10Ta. The fraction of sp³-hybridized carbons (Fsp3) is 1.00. The molecule has 0 bridgehead atoms. The van der Waals surface area contributed by atoms with Crippen molar-refractivity contribution in [3.8, 4) is 0 Å². The summed E-state index contributed by atoms with van der Waals surface area (Å²) in [5, 5.41) is 43.6. The second-order valence-corrected chi connectivity index (χ2v) is 9.35. The topological polar surface area (TPSA) is 147 Å². The Morgan fingerprint density at radius 1 is 0.306 bits per heavy atom. The monoisotopic (exact) mass is 701 g/mol. The summed E-state index contributed by atoms with van der Waals surface area (Å²) in [5.41, 5.74) is 0. The van der Waals surface area contributed by atoms with Crippen LogP contribution in [0.15, 0.2) is 0 Å². The summed E-state index contributed by atoms with van der Waals surface area (Å²) in [7, 11) is 7.45. The molecule has 0 heterocycles. The van der Waals surface area contributed by atoms with Crippen LogP contribution < -0.4 is 0 Å². The fourth-order valence-corrected chi connectivity index (χ4v) is 1.36. The average molecular weight is 702 g/mol. The first-order valence-electron chi connectivity index (χ1n) is 12.0. The Labute approximate surface area is 237 Å². The van der Waals surface area contributed by atoms with Gasteiger partial charge in [-0.25, -0.2) is 0 Å². The van der Waals surface area contributed by atoms with E-state index in [0.29, 0.717) is 0 Å². The number of aliphatic hydroxyl groups is 5. The molecule has 0 saturated carbocycles. The van der Waals surface area contributed by atoms with Gasteiger partial charge in [0.25, 0.3) is 0 Å². The van der Waals surface area contributed by atoms with Crippen LogP contribution in [-0.4, -0.2) is 92.5 Å². The molecule has 225 valence electrons. The molecule has 0 aliphatic rings. The van der Waals surface area contributed by atoms with Crippen LogP contribution in [0.4, 0.5) is 0 Å². The van der Waals surface area contributed by atoms with Crippen molar-refractivity contribution in [1.82, 2.24) is 0 Å². The van der Waals surface area contributed by atoms with Crippen molar-refractivity contribution in [1.29, 1.82) is 0 Å². The van der Waals surface area contributed by atoms with Gasteiger partial charge < -0.3 is 49.2 Å². The van der Waals surface area contributed by atoms with Crippen LogP contribution in [0.5, 0.6) is 0 Å². The molecule has 0 aromatic rings. The van der Waals surface area contributed by atoms with Crippen molar-refractivity contribution in [3.63, 3.8) is 0 Å². The molecule has 36 heavy (non-hydrogen) atoms. The molecule has 5 unspecified atom stereocenters. The van der Waals surface area contributed by atoms with Crippen LogP contribution in [0.25, 0.3) is 0 Å². The first-order valence-corrected chi connectivity index (χ1v) is 12.0. The number of methoxy groups -OCH3 is 5. The number of ether oxygens (including phenoxy) is 5. The van der Waals surface area contributed by atoms with Gasteiger partial charge >= 0.3 is 0 Å². The van der Waals surface area contributed by atoms with Gasteiger partial charge in [0.2, 0.25) is 0 Å². The van der Waals surface area contributed by atoms with Gasteiger partial charge in [-0.15, -0.1) is 0 Å². The van der Waals surface area contributed by atoms with Gasteiger partial charge in [0.05, 0.1) is 0 Å². The van der Waals surface area contributed by atoms with Crippen LogP contribution in [0.3, 0.4) is 0 Å². The minimum atomic E-state index is -0.597. The van der Waals surface area contributed by atoms with Crippen molar-refractivity contribution in [2.45, 2.75) is 101 Å². The van der Waals surface area contributed by atoms with E-state index < -0.39 is 31.5 Å². The van der Waals surface area contributed by atoms with Crippen molar-refractivity contribution in [3.05, 3.63) is 0 Å². The maximum Gasteiger partial charge on any atom is 0.156 e. The minimum absolute atomic E-state index is 0. The molecule has 0 aromatic heterocycles. The van der Waals surface area contributed by atoms with Gasteiger partial charge in [0.15, 0.2) is 31.5 Å². The van der Waals surface area contributed by atoms with E-state index >= 15 is 0 Å². The van der Waals surface area contributed by atoms with Crippen molar-refractivity contribution < 1.29 is 71.6 Å². The summed E-state index contributed by atoms with van der Waals surface area (Å²) < 4.78 is 22.8. The summed E-state index contributed by atoms with van der Waals surface area (Å²) in [6.07, 6.45) is -2.99. The van der Waals surface area contributed by atoms with Crippen LogP contribution in [0, 0.1) is 29.6 Å². The molecule has 0 aliphatic carbocycles. The van der Waals surface area contributed by atoms with Crippen LogP contribution >= 0.6 is 0 Å². The molecule has 0 rings (SSSR count).